The van der Waals surface area contributed by atoms with E-state index in [1.165, 1.54) is 5.57 Å². The molecule has 1 saturated carbocycles. The minimum Gasteiger partial charge on any atom is -0.392 e. The Morgan fingerprint density at radius 3 is 2.50 bits per heavy atom. The fraction of sp³-hybridized carbons (Fsp3) is 0.875. The van der Waals surface area contributed by atoms with Crippen molar-refractivity contribution in [2.24, 2.45) is 22.7 Å². The van der Waals surface area contributed by atoms with Crippen molar-refractivity contribution in [2.45, 2.75) is 52.6 Å². The number of methoxy groups -OCH3 is 1. The molecule has 3 rings (SSSR count). The van der Waals surface area contributed by atoms with Crippen LogP contribution in [-0.2, 0) is 9.47 Å². The van der Waals surface area contributed by atoms with E-state index in [0.717, 1.165) is 5.57 Å². The Balaban J connectivity index is 2.24. The predicted molar refractivity (Wildman–Crippen MR) is 74.9 cm³/mol. The fourth-order valence-electron chi connectivity index (χ4n) is 5.00. The minimum atomic E-state index is -0.511. The van der Waals surface area contributed by atoms with E-state index in [0.29, 0.717) is 13.0 Å². The predicted octanol–water partition coefficient (Wildman–Crippen LogP) is 1.71. The number of hydrogen-bond acceptors (Lipinski definition) is 4. The highest BCUT2D eigenvalue weighted by molar-refractivity contribution is 5.41. The summed E-state index contributed by atoms with van der Waals surface area (Å²) in [5, 5.41) is 21.5. The lowest BCUT2D eigenvalue weighted by molar-refractivity contribution is -0.150. The molecule has 0 radical (unpaired) electrons. The van der Waals surface area contributed by atoms with Gasteiger partial charge in [0.15, 0.2) is 6.29 Å². The van der Waals surface area contributed by atoms with E-state index in [4.69, 9.17) is 9.47 Å². The summed E-state index contributed by atoms with van der Waals surface area (Å²) in [5.41, 5.74) is 1.59. The van der Waals surface area contributed by atoms with Crippen LogP contribution in [0.25, 0.3) is 0 Å². The first-order valence-corrected chi connectivity index (χ1v) is 7.50. The van der Waals surface area contributed by atoms with Gasteiger partial charge in [0, 0.05) is 23.9 Å². The van der Waals surface area contributed by atoms with Gasteiger partial charge in [-0.3, -0.25) is 0 Å². The molecule has 4 heteroatoms. The largest absolute Gasteiger partial charge is 0.392 e. The topological polar surface area (TPSA) is 58.9 Å². The lowest BCUT2D eigenvalue weighted by Gasteiger charge is -2.45. The second-order valence-electron chi connectivity index (χ2n) is 7.57. The lowest BCUT2D eigenvalue weighted by Crippen LogP contribution is -2.45. The van der Waals surface area contributed by atoms with Crippen molar-refractivity contribution in [1.82, 2.24) is 0 Å². The van der Waals surface area contributed by atoms with Crippen LogP contribution in [0, 0.1) is 22.7 Å². The molecular formula is C16H26O4. The molecule has 0 aromatic carbocycles. The van der Waals surface area contributed by atoms with Crippen LogP contribution in [0.5, 0.6) is 0 Å². The van der Waals surface area contributed by atoms with Crippen molar-refractivity contribution >= 4 is 0 Å². The Hall–Kier alpha value is -0.420. The third-order valence-electron chi connectivity index (χ3n) is 5.86. The molecule has 20 heavy (non-hydrogen) atoms. The quantitative estimate of drug-likeness (QED) is 0.719. The smallest absolute Gasteiger partial charge is 0.180 e. The van der Waals surface area contributed by atoms with Crippen LogP contribution in [0.1, 0.15) is 34.1 Å². The zero-order chi connectivity index (χ0) is 14.9. The van der Waals surface area contributed by atoms with Gasteiger partial charge in [0.25, 0.3) is 0 Å². The average Bonchev–Trinajstić information content (AvgIpc) is 2.53. The Kier molecular flexibility index (Phi) is 3.11. The van der Waals surface area contributed by atoms with Crippen molar-refractivity contribution in [2.75, 3.05) is 13.7 Å². The third-order valence-corrected chi connectivity index (χ3v) is 5.86. The van der Waals surface area contributed by atoms with Crippen molar-refractivity contribution in [1.29, 1.82) is 0 Å². The maximum absolute atomic E-state index is 10.9. The number of ether oxygens (including phenoxy) is 2. The van der Waals surface area contributed by atoms with Crippen LogP contribution in [0.15, 0.2) is 11.1 Å². The molecule has 0 aromatic heterocycles. The van der Waals surface area contributed by atoms with E-state index < -0.39 is 17.6 Å². The van der Waals surface area contributed by atoms with Crippen molar-refractivity contribution in [3.63, 3.8) is 0 Å². The summed E-state index contributed by atoms with van der Waals surface area (Å²) in [6.45, 7) is 8.73. The van der Waals surface area contributed by atoms with Gasteiger partial charge in [-0.25, -0.2) is 0 Å². The fourth-order valence-corrected chi connectivity index (χ4v) is 5.00. The van der Waals surface area contributed by atoms with Crippen molar-refractivity contribution in [3.05, 3.63) is 11.1 Å². The first kappa shape index (κ1) is 14.5. The van der Waals surface area contributed by atoms with Gasteiger partial charge in [-0.15, -0.1) is 0 Å². The molecule has 114 valence electrons. The molecule has 0 bridgehead atoms. The Morgan fingerprint density at radius 1 is 1.25 bits per heavy atom. The molecule has 0 spiro atoms. The summed E-state index contributed by atoms with van der Waals surface area (Å²) in [6, 6.07) is 0. The van der Waals surface area contributed by atoms with Gasteiger partial charge in [0.2, 0.25) is 0 Å². The lowest BCUT2D eigenvalue weighted by atomic mass is 9.67. The van der Waals surface area contributed by atoms with E-state index in [2.05, 4.69) is 27.7 Å². The normalized spacial score (nSPS) is 50.2. The van der Waals surface area contributed by atoms with Crippen LogP contribution in [0.3, 0.4) is 0 Å². The zero-order valence-electron chi connectivity index (χ0n) is 13.0. The molecular weight excluding hydrogens is 256 g/mol. The highest BCUT2D eigenvalue weighted by Crippen LogP contribution is 2.63. The molecule has 1 aliphatic heterocycles. The number of aliphatic hydroxyl groups is 2. The molecule has 0 aromatic rings. The molecule has 2 aliphatic carbocycles. The molecule has 0 amide bonds. The summed E-state index contributed by atoms with van der Waals surface area (Å²) in [5.74, 6) is 0.220. The van der Waals surface area contributed by atoms with Crippen molar-refractivity contribution < 1.29 is 19.7 Å². The van der Waals surface area contributed by atoms with Gasteiger partial charge in [-0.05, 0) is 23.5 Å². The Bertz CT molecular complexity index is 455. The van der Waals surface area contributed by atoms with Gasteiger partial charge in [-0.1, -0.05) is 27.7 Å². The summed E-state index contributed by atoms with van der Waals surface area (Å²) >= 11 is 0. The molecule has 2 N–H and O–H groups in total. The number of rotatable bonds is 1. The van der Waals surface area contributed by atoms with Crippen LogP contribution < -0.4 is 0 Å². The van der Waals surface area contributed by atoms with Gasteiger partial charge >= 0.3 is 0 Å². The minimum absolute atomic E-state index is 0.00440. The molecule has 1 fully saturated rings. The summed E-state index contributed by atoms with van der Waals surface area (Å²) in [7, 11) is 1.66. The molecule has 0 unspecified atom stereocenters. The van der Waals surface area contributed by atoms with E-state index in [9.17, 15) is 10.2 Å². The third kappa shape index (κ3) is 1.56. The van der Waals surface area contributed by atoms with Crippen molar-refractivity contribution in [3.8, 4) is 0 Å². The summed E-state index contributed by atoms with van der Waals surface area (Å²) in [6.07, 6.45) is -0.531. The van der Waals surface area contributed by atoms with E-state index in [-0.39, 0.29) is 23.5 Å². The maximum Gasteiger partial charge on any atom is 0.180 e. The average molecular weight is 282 g/mol. The van der Waals surface area contributed by atoms with Gasteiger partial charge < -0.3 is 19.7 Å². The van der Waals surface area contributed by atoms with E-state index >= 15 is 0 Å². The SMILES string of the molecule is CO[C@H]1OC[C@]2(C)C3=C1[C@H](C)C[C@H](O)[C@H]3C(C)(C)[C@H]2O. The maximum atomic E-state index is 10.9. The molecule has 4 nitrogen and oxygen atoms in total. The highest BCUT2D eigenvalue weighted by atomic mass is 16.7. The number of aliphatic hydroxyl groups excluding tert-OH is 2. The molecule has 0 saturated heterocycles. The first-order valence-electron chi connectivity index (χ1n) is 7.50. The monoisotopic (exact) mass is 282 g/mol. The Morgan fingerprint density at radius 2 is 1.90 bits per heavy atom. The van der Waals surface area contributed by atoms with Crippen LogP contribution in [0.2, 0.25) is 0 Å². The highest BCUT2D eigenvalue weighted by Gasteiger charge is 2.64. The second kappa shape index (κ2) is 4.29. The molecule has 3 aliphatic rings. The standard InChI is InChI=1S/C16H26O4/c1-8-6-9(17)11-12-10(8)13(19-5)20-7-16(12,4)14(18)15(11,2)3/h8-9,11,13-14,17-18H,6-7H2,1-5H3/t8-,9+,11-,13+,14-,16-/m1/s1. The van der Waals surface area contributed by atoms with Crippen LogP contribution in [0.4, 0.5) is 0 Å². The van der Waals surface area contributed by atoms with E-state index in [1.807, 2.05) is 0 Å². The zero-order valence-corrected chi connectivity index (χ0v) is 13.0. The van der Waals surface area contributed by atoms with Crippen LogP contribution >= 0.6 is 0 Å². The van der Waals surface area contributed by atoms with Gasteiger partial charge in [0.05, 0.1) is 18.8 Å². The first-order chi connectivity index (χ1) is 9.25. The van der Waals surface area contributed by atoms with Crippen LogP contribution in [-0.4, -0.2) is 42.4 Å². The molecule has 1 heterocycles. The Labute approximate surface area is 120 Å². The van der Waals surface area contributed by atoms with Gasteiger partial charge in [0.1, 0.15) is 0 Å². The summed E-state index contributed by atoms with van der Waals surface area (Å²) in [4.78, 5) is 0. The number of hydrogen-bond donors (Lipinski definition) is 2. The summed E-state index contributed by atoms with van der Waals surface area (Å²) < 4.78 is 11.4. The molecule has 6 atom stereocenters. The second-order valence-corrected chi connectivity index (χ2v) is 7.57. The van der Waals surface area contributed by atoms with E-state index in [1.54, 1.807) is 7.11 Å². The van der Waals surface area contributed by atoms with Gasteiger partial charge in [-0.2, -0.15) is 0 Å².